The molecule has 178 valence electrons. The van der Waals surface area contributed by atoms with Crippen LogP contribution in [0.1, 0.15) is 35.6 Å². The van der Waals surface area contributed by atoms with Gasteiger partial charge in [-0.2, -0.15) is 26.3 Å². The van der Waals surface area contributed by atoms with Crippen molar-refractivity contribution in [3.05, 3.63) is 71.3 Å². The highest BCUT2D eigenvalue weighted by atomic mass is 19.4. The molecule has 11 heteroatoms. The van der Waals surface area contributed by atoms with Crippen molar-refractivity contribution in [3.63, 3.8) is 0 Å². The number of esters is 1. The molecule has 0 aromatic heterocycles. The van der Waals surface area contributed by atoms with Crippen molar-refractivity contribution in [2.45, 2.75) is 43.9 Å². The van der Waals surface area contributed by atoms with Gasteiger partial charge >= 0.3 is 24.4 Å². The van der Waals surface area contributed by atoms with Crippen LogP contribution in [-0.4, -0.2) is 35.7 Å². The third-order valence-corrected chi connectivity index (χ3v) is 5.04. The minimum absolute atomic E-state index is 0.0663. The zero-order chi connectivity index (χ0) is 24.2. The van der Waals surface area contributed by atoms with Gasteiger partial charge in [-0.15, -0.1) is 0 Å². The Balaban J connectivity index is 1.70. The van der Waals surface area contributed by atoms with E-state index >= 15 is 0 Å². The number of rotatable bonds is 5. The number of benzene rings is 2. The van der Waals surface area contributed by atoms with E-state index in [4.69, 9.17) is 4.74 Å². The molecule has 1 heterocycles. The van der Waals surface area contributed by atoms with Crippen molar-refractivity contribution in [3.8, 4) is 0 Å². The minimum Gasteiger partial charge on any atom is -0.446 e. The highest BCUT2D eigenvalue weighted by Crippen LogP contribution is 2.38. The van der Waals surface area contributed by atoms with Gasteiger partial charge in [-0.3, -0.25) is 4.90 Å². The molecule has 5 nitrogen and oxygen atoms in total. The fourth-order valence-electron chi connectivity index (χ4n) is 3.40. The van der Waals surface area contributed by atoms with Crippen LogP contribution in [0, 0.1) is 0 Å². The first kappa shape index (κ1) is 24.4. The molecule has 2 aromatic rings. The number of hydrogen-bond acceptors (Lipinski definition) is 4. The van der Waals surface area contributed by atoms with Gasteiger partial charge in [-0.25, -0.2) is 9.59 Å². The van der Waals surface area contributed by atoms with E-state index in [1.54, 1.807) is 30.3 Å². The molecule has 1 aliphatic rings. The number of halogens is 6. The molecule has 1 amide bonds. The van der Waals surface area contributed by atoms with E-state index in [0.717, 1.165) is 4.90 Å². The van der Waals surface area contributed by atoms with E-state index in [1.165, 1.54) is 0 Å². The van der Waals surface area contributed by atoms with Gasteiger partial charge in [-0.05, 0) is 30.5 Å². The highest BCUT2D eigenvalue weighted by Gasteiger charge is 2.47. The molecule has 1 saturated heterocycles. The average molecular weight is 475 g/mol. The fourth-order valence-corrected chi connectivity index (χ4v) is 3.40. The smallest absolute Gasteiger partial charge is 0.429 e. The fraction of sp³-hybridized carbons (Fsp3) is 0.364. The van der Waals surface area contributed by atoms with Gasteiger partial charge in [-0.1, -0.05) is 42.5 Å². The Kier molecular flexibility index (Phi) is 7.19. The summed E-state index contributed by atoms with van der Waals surface area (Å²) in [5.74, 6) is -1.31. The van der Waals surface area contributed by atoms with E-state index in [2.05, 4.69) is 4.74 Å². The summed E-state index contributed by atoms with van der Waals surface area (Å²) in [6, 6.07) is 9.52. The first-order chi connectivity index (χ1) is 15.5. The molecule has 0 aliphatic carbocycles. The lowest BCUT2D eigenvalue weighted by Crippen LogP contribution is -2.43. The zero-order valence-corrected chi connectivity index (χ0v) is 17.0. The Morgan fingerprint density at radius 1 is 0.970 bits per heavy atom. The van der Waals surface area contributed by atoms with Crippen molar-refractivity contribution < 1.29 is 45.4 Å². The summed E-state index contributed by atoms with van der Waals surface area (Å²) in [5, 5.41) is 0. The van der Waals surface area contributed by atoms with Crippen LogP contribution in [0.3, 0.4) is 0 Å². The number of likely N-dealkylation sites (tertiary alicyclic amines) is 1. The van der Waals surface area contributed by atoms with Crippen molar-refractivity contribution in [2.24, 2.45) is 0 Å². The van der Waals surface area contributed by atoms with Gasteiger partial charge in [0.2, 0.25) is 6.10 Å². The molecule has 3 rings (SSSR count). The molecule has 1 aliphatic heterocycles. The third kappa shape index (κ3) is 6.17. The summed E-state index contributed by atoms with van der Waals surface area (Å²) in [6.45, 7) is -0.000967. The molecule has 2 aromatic carbocycles. The van der Waals surface area contributed by atoms with Crippen LogP contribution in [0.15, 0.2) is 54.6 Å². The number of carbonyl (C=O) groups excluding carboxylic acids is 2. The standard InChI is InChI=1S/C22H19F6NO4/c23-21(24,25)16-10-8-15(9-11-16)18(22(26,27)28)33-19(30)17-7-4-12-29(17)20(31)32-13-14-5-2-1-3-6-14/h1-3,5-6,8-11,17-18H,4,7,12-13H2/t17-,18+/m0/s1. The van der Waals surface area contributed by atoms with Gasteiger partial charge < -0.3 is 9.47 Å². The average Bonchev–Trinajstić information content (AvgIpc) is 3.25. The lowest BCUT2D eigenvalue weighted by Gasteiger charge is -2.26. The second-order valence-corrected chi connectivity index (χ2v) is 7.37. The summed E-state index contributed by atoms with van der Waals surface area (Å²) in [6.07, 6.45) is -13.1. The minimum atomic E-state index is -5.08. The first-order valence-corrected chi connectivity index (χ1v) is 9.88. The lowest BCUT2D eigenvalue weighted by atomic mass is 10.1. The normalized spacial score (nSPS) is 17.5. The molecular formula is C22H19F6NO4. The second-order valence-electron chi connectivity index (χ2n) is 7.37. The molecule has 0 radical (unpaired) electrons. The van der Waals surface area contributed by atoms with Crippen LogP contribution < -0.4 is 0 Å². The maximum absolute atomic E-state index is 13.5. The van der Waals surface area contributed by atoms with Crippen LogP contribution in [0.2, 0.25) is 0 Å². The molecule has 0 saturated carbocycles. The Morgan fingerprint density at radius 3 is 2.18 bits per heavy atom. The van der Waals surface area contributed by atoms with Crippen LogP contribution in [0.4, 0.5) is 31.1 Å². The van der Waals surface area contributed by atoms with Gasteiger partial charge in [0.25, 0.3) is 0 Å². The molecule has 0 N–H and O–H groups in total. The monoisotopic (exact) mass is 475 g/mol. The van der Waals surface area contributed by atoms with E-state index < -0.39 is 47.7 Å². The molecule has 33 heavy (non-hydrogen) atoms. The van der Waals surface area contributed by atoms with Gasteiger partial charge in [0.05, 0.1) is 5.56 Å². The summed E-state index contributed by atoms with van der Waals surface area (Å²) in [5.41, 5.74) is -1.12. The second kappa shape index (κ2) is 9.72. The van der Waals surface area contributed by atoms with E-state index in [-0.39, 0.29) is 19.6 Å². The maximum atomic E-state index is 13.5. The Bertz CT molecular complexity index is 960. The molecule has 2 atom stereocenters. The van der Waals surface area contributed by atoms with Gasteiger partial charge in [0.15, 0.2) is 0 Å². The SMILES string of the molecule is O=C(O[C@H](c1ccc(C(F)(F)F)cc1)C(F)(F)F)[C@@H]1CCCN1C(=O)OCc1ccccc1. The third-order valence-electron chi connectivity index (χ3n) is 5.04. The van der Waals surface area contributed by atoms with Crippen LogP contribution >= 0.6 is 0 Å². The van der Waals surface area contributed by atoms with Crippen molar-refractivity contribution >= 4 is 12.1 Å². The maximum Gasteiger partial charge on any atom is 0.429 e. The van der Waals surface area contributed by atoms with E-state index in [0.29, 0.717) is 36.2 Å². The van der Waals surface area contributed by atoms with E-state index in [9.17, 15) is 35.9 Å². The molecule has 0 unspecified atom stereocenters. The molecule has 0 spiro atoms. The number of carbonyl (C=O) groups is 2. The molecule has 1 fully saturated rings. The van der Waals surface area contributed by atoms with Crippen molar-refractivity contribution in [1.82, 2.24) is 4.90 Å². The summed E-state index contributed by atoms with van der Waals surface area (Å²) >= 11 is 0. The van der Waals surface area contributed by atoms with Crippen LogP contribution in [0.5, 0.6) is 0 Å². The number of hydrogen-bond donors (Lipinski definition) is 0. The topological polar surface area (TPSA) is 55.8 Å². The number of nitrogens with zero attached hydrogens (tertiary/aromatic N) is 1. The summed E-state index contributed by atoms with van der Waals surface area (Å²) < 4.78 is 88.6. The molecular weight excluding hydrogens is 456 g/mol. The zero-order valence-electron chi connectivity index (χ0n) is 17.0. The number of ether oxygens (including phenoxy) is 2. The quantitative estimate of drug-likeness (QED) is 0.414. The van der Waals surface area contributed by atoms with Crippen molar-refractivity contribution in [2.75, 3.05) is 6.54 Å². The van der Waals surface area contributed by atoms with Gasteiger partial charge in [0.1, 0.15) is 12.6 Å². The summed E-state index contributed by atoms with van der Waals surface area (Å²) in [4.78, 5) is 25.9. The Hall–Kier alpha value is -3.24. The lowest BCUT2D eigenvalue weighted by molar-refractivity contribution is -0.226. The first-order valence-electron chi connectivity index (χ1n) is 9.88. The molecule has 0 bridgehead atoms. The Labute approximate surface area is 184 Å². The van der Waals surface area contributed by atoms with Crippen LogP contribution in [-0.2, 0) is 27.1 Å². The van der Waals surface area contributed by atoms with Gasteiger partial charge in [0, 0.05) is 12.1 Å². The highest BCUT2D eigenvalue weighted by molar-refractivity contribution is 5.82. The number of amides is 1. The van der Waals surface area contributed by atoms with Crippen molar-refractivity contribution in [1.29, 1.82) is 0 Å². The Morgan fingerprint density at radius 2 is 1.61 bits per heavy atom. The predicted octanol–water partition coefficient (Wildman–Crippen LogP) is 5.65. The van der Waals surface area contributed by atoms with E-state index in [1.807, 2.05) is 0 Å². The summed E-state index contributed by atoms with van der Waals surface area (Å²) in [7, 11) is 0. The predicted molar refractivity (Wildman–Crippen MR) is 103 cm³/mol. The van der Waals surface area contributed by atoms with Crippen LogP contribution in [0.25, 0.3) is 0 Å². The number of alkyl halides is 6. The largest absolute Gasteiger partial charge is 0.446 e.